The third-order valence-electron chi connectivity index (χ3n) is 5.23. The number of rotatable bonds is 8. The lowest BCUT2D eigenvalue weighted by Gasteiger charge is -2.17. The molecule has 1 saturated heterocycles. The zero-order valence-electron chi connectivity index (χ0n) is 17.8. The third-order valence-corrected chi connectivity index (χ3v) is 5.23. The van der Waals surface area contributed by atoms with Crippen LogP contribution in [0.4, 0.5) is 0 Å². The number of nitrogens with zero attached hydrogens (tertiary/aromatic N) is 3. The molecule has 1 atom stereocenters. The van der Waals surface area contributed by atoms with E-state index in [4.69, 9.17) is 18.7 Å². The van der Waals surface area contributed by atoms with Crippen molar-refractivity contribution < 1.29 is 23.5 Å². The first kappa shape index (κ1) is 20.7. The first-order chi connectivity index (χ1) is 15.1. The zero-order chi connectivity index (χ0) is 21.8. The molecule has 2 heterocycles. The molecule has 1 fully saturated rings. The van der Waals surface area contributed by atoms with Gasteiger partial charge in [-0.25, -0.2) is 0 Å². The summed E-state index contributed by atoms with van der Waals surface area (Å²) in [7, 11) is 3.19. The molecular formula is C23H25N3O5. The van der Waals surface area contributed by atoms with Gasteiger partial charge in [0, 0.05) is 25.1 Å². The molecule has 0 saturated carbocycles. The van der Waals surface area contributed by atoms with Crippen molar-refractivity contribution in [1.82, 2.24) is 15.0 Å². The highest BCUT2D eigenvalue weighted by Crippen LogP contribution is 2.32. The topological polar surface area (TPSA) is 86.9 Å². The van der Waals surface area contributed by atoms with Crippen LogP contribution in [0.2, 0.25) is 0 Å². The van der Waals surface area contributed by atoms with E-state index in [1.807, 2.05) is 49.4 Å². The molecule has 3 aromatic rings. The minimum absolute atomic E-state index is 0.0536. The minimum atomic E-state index is -0.135. The normalized spacial score (nSPS) is 15.9. The van der Waals surface area contributed by atoms with E-state index in [9.17, 15) is 4.79 Å². The summed E-state index contributed by atoms with van der Waals surface area (Å²) in [4.78, 5) is 18.9. The molecule has 0 spiro atoms. The number of ether oxygens (including phenoxy) is 3. The highest BCUT2D eigenvalue weighted by molar-refractivity contribution is 5.79. The molecule has 1 unspecified atom stereocenters. The van der Waals surface area contributed by atoms with Crippen molar-refractivity contribution in [2.75, 3.05) is 27.4 Å². The summed E-state index contributed by atoms with van der Waals surface area (Å²) in [6.45, 7) is 3.52. The summed E-state index contributed by atoms with van der Waals surface area (Å²) in [6, 6.07) is 13.2. The average molecular weight is 423 g/mol. The molecule has 4 rings (SSSR count). The zero-order valence-corrected chi connectivity index (χ0v) is 17.8. The van der Waals surface area contributed by atoms with Crippen molar-refractivity contribution in [2.45, 2.75) is 25.8 Å². The lowest BCUT2D eigenvalue weighted by atomic mass is 10.1. The summed E-state index contributed by atoms with van der Waals surface area (Å²) in [5, 5.41) is 4.11. The largest absolute Gasteiger partial charge is 0.494 e. The van der Waals surface area contributed by atoms with E-state index in [0.29, 0.717) is 49.3 Å². The second kappa shape index (κ2) is 9.07. The Morgan fingerprint density at radius 1 is 1.13 bits per heavy atom. The monoisotopic (exact) mass is 423 g/mol. The number of hydrogen-bond acceptors (Lipinski definition) is 7. The predicted octanol–water partition coefficient (Wildman–Crippen LogP) is 3.67. The second-order valence-corrected chi connectivity index (χ2v) is 7.28. The Morgan fingerprint density at radius 3 is 2.74 bits per heavy atom. The van der Waals surface area contributed by atoms with Crippen molar-refractivity contribution in [3.63, 3.8) is 0 Å². The minimum Gasteiger partial charge on any atom is -0.494 e. The fraction of sp³-hybridized carbons (Fsp3) is 0.348. The smallest absolute Gasteiger partial charge is 0.232 e. The van der Waals surface area contributed by atoms with E-state index < -0.39 is 0 Å². The predicted molar refractivity (Wildman–Crippen MR) is 113 cm³/mol. The van der Waals surface area contributed by atoms with Gasteiger partial charge < -0.3 is 23.6 Å². The molecule has 31 heavy (non-hydrogen) atoms. The van der Waals surface area contributed by atoms with Crippen molar-refractivity contribution >= 4 is 5.91 Å². The summed E-state index contributed by atoms with van der Waals surface area (Å²) < 4.78 is 21.7. The molecule has 2 aromatic carbocycles. The van der Waals surface area contributed by atoms with Gasteiger partial charge in [0.15, 0.2) is 11.5 Å². The second-order valence-electron chi connectivity index (χ2n) is 7.28. The van der Waals surface area contributed by atoms with E-state index in [1.165, 1.54) is 0 Å². The highest BCUT2D eigenvalue weighted by atomic mass is 16.5. The number of carbonyl (C=O) groups excluding carboxylic acids is 1. The van der Waals surface area contributed by atoms with Gasteiger partial charge in [-0.05, 0) is 36.8 Å². The van der Waals surface area contributed by atoms with Crippen LogP contribution in [0.5, 0.6) is 17.2 Å². The van der Waals surface area contributed by atoms with Gasteiger partial charge in [-0.2, -0.15) is 4.98 Å². The Morgan fingerprint density at radius 2 is 1.97 bits per heavy atom. The van der Waals surface area contributed by atoms with E-state index >= 15 is 0 Å². The fourth-order valence-corrected chi connectivity index (χ4v) is 3.70. The van der Waals surface area contributed by atoms with Crippen LogP contribution in [0.15, 0.2) is 47.0 Å². The van der Waals surface area contributed by atoms with Crippen LogP contribution < -0.4 is 14.2 Å². The van der Waals surface area contributed by atoms with Gasteiger partial charge in [0.2, 0.25) is 17.6 Å². The van der Waals surface area contributed by atoms with Crippen molar-refractivity contribution in [1.29, 1.82) is 0 Å². The number of amides is 1. The van der Waals surface area contributed by atoms with Crippen molar-refractivity contribution in [3.05, 3.63) is 53.9 Å². The van der Waals surface area contributed by atoms with Crippen LogP contribution >= 0.6 is 0 Å². The lowest BCUT2D eigenvalue weighted by Crippen LogP contribution is -2.24. The molecule has 0 radical (unpaired) electrons. The number of methoxy groups -OCH3 is 2. The maximum atomic E-state index is 12.6. The van der Waals surface area contributed by atoms with Crippen LogP contribution in [0.1, 0.15) is 30.7 Å². The van der Waals surface area contributed by atoms with Crippen LogP contribution in [-0.4, -0.2) is 48.3 Å². The van der Waals surface area contributed by atoms with Gasteiger partial charge in [-0.1, -0.05) is 23.4 Å². The van der Waals surface area contributed by atoms with Gasteiger partial charge >= 0.3 is 0 Å². The molecule has 0 bridgehead atoms. The molecule has 162 valence electrons. The number of hydrogen-bond donors (Lipinski definition) is 0. The lowest BCUT2D eigenvalue weighted by molar-refractivity contribution is -0.128. The Kier molecular flexibility index (Phi) is 6.06. The molecule has 1 aliphatic rings. The maximum absolute atomic E-state index is 12.6. The molecule has 1 aliphatic heterocycles. The van der Waals surface area contributed by atoms with Gasteiger partial charge in [-0.3, -0.25) is 4.79 Å². The number of carbonyl (C=O) groups is 1. The average Bonchev–Trinajstić information content (AvgIpc) is 3.41. The van der Waals surface area contributed by atoms with Crippen LogP contribution in [-0.2, 0) is 11.3 Å². The molecule has 1 amide bonds. The molecule has 0 N–H and O–H groups in total. The van der Waals surface area contributed by atoms with Crippen LogP contribution in [0.3, 0.4) is 0 Å². The Labute approximate surface area is 180 Å². The van der Waals surface area contributed by atoms with E-state index in [1.54, 1.807) is 19.1 Å². The number of benzene rings is 2. The molecule has 1 aromatic heterocycles. The van der Waals surface area contributed by atoms with E-state index in [2.05, 4.69) is 10.1 Å². The van der Waals surface area contributed by atoms with Crippen molar-refractivity contribution in [2.24, 2.45) is 0 Å². The Balaban J connectivity index is 1.46. The highest BCUT2D eigenvalue weighted by Gasteiger charge is 2.34. The van der Waals surface area contributed by atoms with Gasteiger partial charge in [0.25, 0.3) is 0 Å². The maximum Gasteiger partial charge on any atom is 0.232 e. The quantitative estimate of drug-likeness (QED) is 0.546. The van der Waals surface area contributed by atoms with Gasteiger partial charge in [0.1, 0.15) is 5.75 Å². The molecule has 8 nitrogen and oxygen atoms in total. The van der Waals surface area contributed by atoms with E-state index in [-0.39, 0.29) is 11.8 Å². The summed E-state index contributed by atoms with van der Waals surface area (Å²) >= 11 is 0. The van der Waals surface area contributed by atoms with Gasteiger partial charge in [-0.15, -0.1) is 0 Å². The molecule has 0 aliphatic carbocycles. The SMILES string of the molecule is CCOc1cccc(-c2noc(C3CC(=O)N(Cc4ccc(OC)c(OC)c4)C3)n2)c1. The van der Waals surface area contributed by atoms with Crippen molar-refractivity contribution in [3.8, 4) is 28.6 Å². The number of aromatic nitrogens is 2. The third kappa shape index (κ3) is 4.47. The Hall–Kier alpha value is -3.55. The van der Waals surface area contributed by atoms with Gasteiger partial charge in [0.05, 0.1) is 26.7 Å². The summed E-state index contributed by atoms with van der Waals surface area (Å²) in [5.74, 6) is 2.93. The first-order valence-corrected chi connectivity index (χ1v) is 10.2. The first-order valence-electron chi connectivity index (χ1n) is 10.2. The standard InChI is InChI=1S/C23H25N3O5/c1-4-30-18-7-5-6-16(11-18)22-24-23(31-25-22)17-12-21(27)26(14-17)13-15-8-9-19(28-2)20(10-15)29-3/h5-11,17H,4,12-14H2,1-3H3. The molecular weight excluding hydrogens is 398 g/mol. The van der Waals surface area contributed by atoms with E-state index in [0.717, 1.165) is 16.9 Å². The van der Waals surface area contributed by atoms with Crippen LogP contribution in [0.25, 0.3) is 11.4 Å². The Bertz CT molecular complexity index is 1060. The summed E-state index contributed by atoms with van der Waals surface area (Å²) in [6.07, 6.45) is 0.341. The number of likely N-dealkylation sites (tertiary alicyclic amines) is 1. The molecule has 8 heteroatoms. The summed E-state index contributed by atoms with van der Waals surface area (Å²) in [5.41, 5.74) is 1.78. The fourth-order valence-electron chi connectivity index (χ4n) is 3.70. The van der Waals surface area contributed by atoms with Crippen LogP contribution in [0, 0.1) is 0 Å².